The molecule has 0 aliphatic carbocycles. The number of hydrogen-bond donors (Lipinski definition) is 1. The number of aliphatic hydroxyl groups is 1. The van der Waals surface area contributed by atoms with Gasteiger partial charge in [-0.25, -0.2) is 0 Å². The van der Waals surface area contributed by atoms with Crippen molar-refractivity contribution in [3.05, 3.63) is 42.5 Å². The first-order chi connectivity index (χ1) is 9.21. The fraction of sp³-hybridized carbons (Fsp3) is 0.500. The summed E-state index contributed by atoms with van der Waals surface area (Å²) >= 11 is 0. The van der Waals surface area contributed by atoms with E-state index < -0.39 is 6.10 Å². The van der Waals surface area contributed by atoms with Crippen molar-refractivity contribution in [3.63, 3.8) is 0 Å². The van der Waals surface area contributed by atoms with Gasteiger partial charge in [0.05, 0.1) is 0 Å². The number of halogens is 1. The van der Waals surface area contributed by atoms with Crippen LogP contribution in [0.25, 0.3) is 0 Å². The molecule has 0 bridgehead atoms. The normalized spacial score (nSPS) is 11.8. The second-order valence-electron chi connectivity index (χ2n) is 4.55. The first-order valence-electron chi connectivity index (χ1n) is 6.93. The maximum Gasteiger partial charge on any atom is 0.122 e. The zero-order chi connectivity index (χ0) is 14.1. The summed E-state index contributed by atoms with van der Waals surface area (Å²) < 4.78 is 5.72. The second-order valence-corrected chi connectivity index (χ2v) is 4.55. The fourth-order valence-corrected chi connectivity index (χ4v) is 1.99. The number of likely N-dealkylation sites (N-methyl/N-ethyl adjacent to an activating group) is 1. The molecule has 0 spiro atoms. The second kappa shape index (κ2) is 10.7. The van der Waals surface area contributed by atoms with Crippen LogP contribution < -0.4 is 4.74 Å². The largest absolute Gasteiger partial charge is 0.491 e. The molecule has 0 aromatic heterocycles. The third kappa shape index (κ3) is 6.42. The molecular formula is C16H26ClNO2. The minimum Gasteiger partial charge on any atom is -0.491 e. The Morgan fingerprint density at radius 3 is 2.55 bits per heavy atom. The highest BCUT2D eigenvalue weighted by atomic mass is 35.5. The molecular weight excluding hydrogens is 274 g/mol. The lowest BCUT2D eigenvalue weighted by atomic mass is 10.1. The van der Waals surface area contributed by atoms with Gasteiger partial charge in [0, 0.05) is 6.54 Å². The topological polar surface area (TPSA) is 32.7 Å². The molecule has 20 heavy (non-hydrogen) atoms. The van der Waals surface area contributed by atoms with E-state index in [9.17, 15) is 5.11 Å². The third-order valence-electron chi connectivity index (χ3n) is 3.13. The molecule has 1 atom stereocenters. The maximum absolute atomic E-state index is 9.98. The maximum atomic E-state index is 9.98. The van der Waals surface area contributed by atoms with Gasteiger partial charge in [0.2, 0.25) is 0 Å². The van der Waals surface area contributed by atoms with Gasteiger partial charge in [0.1, 0.15) is 18.5 Å². The van der Waals surface area contributed by atoms with Gasteiger partial charge in [-0.3, -0.25) is 0 Å². The molecule has 0 aliphatic heterocycles. The number of benzene rings is 1. The zero-order valence-corrected chi connectivity index (χ0v) is 13.2. The van der Waals surface area contributed by atoms with Gasteiger partial charge in [0.25, 0.3) is 0 Å². The Kier molecular flexibility index (Phi) is 10.2. The Bertz CT molecular complexity index is 380. The molecule has 1 unspecified atom stereocenters. The van der Waals surface area contributed by atoms with E-state index in [0.717, 1.165) is 30.8 Å². The standard InChI is InChI=1S/C16H25NO2.ClH/c1-4-9-14-10-7-8-11-16(14)19-13-15(18)12-17(5-2)6-3;/h4,7-8,10-11,15,18H,1,5-6,9,12-13H2,2-3H3;1H. The highest BCUT2D eigenvalue weighted by molar-refractivity contribution is 5.85. The molecule has 114 valence electrons. The van der Waals surface area contributed by atoms with Crippen LogP contribution in [0.15, 0.2) is 36.9 Å². The number of hydrogen-bond acceptors (Lipinski definition) is 3. The van der Waals surface area contributed by atoms with E-state index in [4.69, 9.17) is 4.74 Å². The van der Waals surface area contributed by atoms with E-state index in [2.05, 4.69) is 25.3 Å². The Hall–Kier alpha value is -1.03. The van der Waals surface area contributed by atoms with Crippen LogP contribution in [0.5, 0.6) is 5.75 Å². The predicted octanol–water partition coefficient (Wildman–Crippen LogP) is 2.92. The van der Waals surface area contributed by atoms with Crippen molar-refractivity contribution in [1.29, 1.82) is 0 Å². The Balaban J connectivity index is 0.00000361. The van der Waals surface area contributed by atoms with E-state index in [1.807, 2.05) is 30.3 Å². The molecule has 0 amide bonds. The molecule has 0 saturated carbocycles. The van der Waals surface area contributed by atoms with Gasteiger partial charge in [-0.05, 0) is 31.1 Å². The predicted molar refractivity (Wildman–Crippen MR) is 86.9 cm³/mol. The van der Waals surface area contributed by atoms with Crippen LogP contribution in [0.2, 0.25) is 0 Å². The number of nitrogens with zero attached hydrogens (tertiary/aromatic N) is 1. The first kappa shape index (κ1) is 19.0. The van der Waals surface area contributed by atoms with Crippen LogP contribution in [-0.4, -0.2) is 42.4 Å². The lowest BCUT2D eigenvalue weighted by Gasteiger charge is -2.22. The van der Waals surface area contributed by atoms with Gasteiger partial charge in [0.15, 0.2) is 0 Å². The number of allylic oxidation sites excluding steroid dienone is 1. The SMILES string of the molecule is C=CCc1ccccc1OCC(O)CN(CC)CC.Cl. The van der Waals surface area contributed by atoms with Crippen molar-refractivity contribution < 1.29 is 9.84 Å². The number of para-hydroxylation sites is 1. The smallest absolute Gasteiger partial charge is 0.122 e. The molecule has 0 fully saturated rings. The van der Waals surface area contributed by atoms with E-state index >= 15 is 0 Å². The van der Waals surface area contributed by atoms with Gasteiger partial charge in [-0.15, -0.1) is 19.0 Å². The monoisotopic (exact) mass is 299 g/mol. The molecule has 0 aliphatic rings. The van der Waals surface area contributed by atoms with Crippen LogP contribution >= 0.6 is 12.4 Å². The Morgan fingerprint density at radius 1 is 1.30 bits per heavy atom. The summed E-state index contributed by atoms with van der Waals surface area (Å²) in [6, 6.07) is 7.88. The van der Waals surface area contributed by atoms with Crippen LogP contribution in [0.3, 0.4) is 0 Å². The quantitative estimate of drug-likeness (QED) is 0.712. The van der Waals surface area contributed by atoms with Crippen molar-refractivity contribution in [3.8, 4) is 5.75 Å². The average molecular weight is 300 g/mol. The van der Waals surface area contributed by atoms with Crippen molar-refractivity contribution in [2.45, 2.75) is 26.4 Å². The van der Waals surface area contributed by atoms with Crippen molar-refractivity contribution >= 4 is 12.4 Å². The molecule has 0 radical (unpaired) electrons. The zero-order valence-electron chi connectivity index (χ0n) is 12.4. The number of rotatable bonds is 9. The van der Waals surface area contributed by atoms with Gasteiger partial charge in [-0.1, -0.05) is 38.1 Å². The molecule has 0 saturated heterocycles. The lowest BCUT2D eigenvalue weighted by molar-refractivity contribution is 0.0713. The van der Waals surface area contributed by atoms with E-state index in [1.165, 1.54) is 0 Å². The highest BCUT2D eigenvalue weighted by Gasteiger charge is 2.10. The Labute approximate surface area is 128 Å². The summed E-state index contributed by atoms with van der Waals surface area (Å²) in [6.07, 6.45) is 2.17. The minimum atomic E-state index is -0.461. The first-order valence-corrected chi connectivity index (χ1v) is 6.93. The van der Waals surface area contributed by atoms with Gasteiger partial charge < -0.3 is 14.7 Å². The highest BCUT2D eigenvalue weighted by Crippen LogP contribution is 2.18. The third-order valence-corrected chi connectivity index (χ3v) is 3.13. The van der Waals surface area contributed by atoms with Crippen molar-refractivity contribution in [2.24, 2.45) is 0 Å². The number of aliphatic hydroxyl groups excluding tert-OH is 1. The molecule has 1 rings (SSSR count). The lowest BCUT2D eigenvalue weighted by Crippen LogP contribution is -2.35. The van der Waals surface area contributed by atoms with E-state index in [0.29, 0.717) is 13.2 Å². The molecule has 3 nitrogen and oxygen atoms in total. The van der Waals surface area contributed by atoms with Gasteiger partial charge >= 0.3 is 0 Å². The summed E-state index contributed by atoms with van der Waals surface area (Å²) in [4.78, 5) is 2.18. The van der Waals surface area contributed by atoms with Crippen LogP contribution in [0, 0.1) is 0 Å². The molecule has 4 heteroatoms. The fourth-order valence-electron chi connectivity index (χ4n) is 1.99. The molecule has 0 heterocycles. The van der Waals surface area contributed by atoms with Crippen molar-refractivity contribution in [2.75, 3.05) is 26.2 Å². The van der Waals surface area contributed by atoms with Crippen LogP contribution in [0.1, 0.15) is 19.4 Å². The molecule has 1 aromatic rings. The van der Waals surface area contributed by atoms with E-state index in [1.54, 1.807) is 0 Å². The van der Waals surface area contributed by atoms with Crippen molar-refractivity contribution in [1.82, 2.24) is 4.90 Å². The summed E-state index contributed by atoms with van der Waals surface area (Å²) in [7, 11) is 0. The molecule has 1 N–H and O–H groups in total. The van der Waals surface area contributed by atoms with Crippen LogP contribution in [0.4, 0.5) is 0 Å². The van der Waals surface area contributed by atoms with E-state index in [-0.39, 0.29) is 12.4 Å². The summed E-state index contributed by atoms with van der Waals surface area (Å²) in [5.41, 5.74) is 1.10. The van der Waals surface area contributed by atoms with Crippen LogP contribution in [-0.2, 0) is 6.42 Å². The molecule has 1 aromatic carbocycles. The minimum absolute atomic E-state index is 0. The average Bonchev–Trinajstić information content (AvgIpc) is 2.44. The summed E-state index contributed by atoms with van der Waals surface area (Å²) in [5.74, 6) is 0.834. The van der Waals surface area contributed by atoms with Gasteiger partial charge in [-0.2, -0.15) is 0 Å². The summed E-state index contributed by atoms with van der Waals surface area (Å²) in [6.45, 7) is 10.8. The number of ether oxygens (including phenoxy) is 1. The Morgan fingerprint density at radius 2 is 1.95 bits per heavy atom. The summed E-state index contributed by atoms with van der Waals surface area (Å²) in [5, 5.41) is 9.98.